The van der Waals surface area contributed by atoms with E-state index in [1.54, 1.807) is 0 Å². The highest BCUT2D eigenvalue weighted by Crippen LogP contribution is 2.47. The monoisotopic (exact) mass is 1230 g/mol. The Morgan fingerprint density at radius 1 is 0.284 bits per heavy atom. The molecule has 13 aromatic carbocycles. The SMILES string of the molecule is c1ccc(-c2cc(-c3ccccc3)nc(-c3ccc(-n4c5ccccc5c5c6sc7ccccc7c6ccc54)c(-c4nc(-c5ccccc5)nc(-c5ccc(-c6ccc(N7c8ccccc8B8c9ccccc9N(c9ccccc9)c9cccc7c98)cc6)cc5)n4)c3)n2)cc1. The van der Waals surface area contributed by atoms with Gasteiger partial charge in [-0.1, -0.05) is 231 Å². The number of para-hydroxylation sites is 4. The van der Waals surface area contributed by atoms with Crippen LogP contribution in [0.4, 0.5) is 34.1 Å². The van der Waals surface area contributed by atoms with Crippen LogP contribution in [0.5, 0.6) is 0 Å². The van der Waals surface area contributed by atoms with Crippen molar-refractivity contribution in [3.8, 4) is 84.9 Å². The van der Waals surface area contributed by atoms with Gasteiger partial charge in [0.15, 0.2) is 23.3 Å². The van der Waals surface area contributed by atoms with Crippen LogP contribution >= 0.6 is 11.3 Å². The summed E-state index contributed by atoms with van der Waals surface area (Å²) in [5, 5.41) is 4.89. The van der Waals surface area contributed by atoms with Crippen LogP contribution in [-0.4, -0.2) is 36.2 Å². The van der Waals surface area contributed by atoms with Crippen molar-refractivity contribution < 1.29 is 0 Å². The van der Waals surface area contributed by atoms with Crippen LogP contribution in [0.2, 0.25) is 0 Å². The lowest BCUT2D eigenvalue weighted by atomic mass is 9.33. The van der Waals surface area contributed by atoms with Gasteiger partial charge in [0, 0.05) is 98.4 Å². The maximum atomic E-state index is 5.55. The number of anilines is 6. The van der Waals surface area contributed by atoms with Crippen molar-refractivity contribution in [2.45, 2.75) is 0 Å². The first-order valence-electron chi connectivity index (χ1n) is 32.1. The Bertz CT molecular complexity index is 5800. The molecule has 4 aromatic heterocycles. The average Bonchev–Trinajstić information content (AvgIpc) is 1.36. The molecule has 0 radical (unpaired) electrons. The number of hydrogen-bond donors (Lipinski definition) is 0. The minimum Gasteiger partial charge on any atom is -0.311 e. The van der Waals surface area contributed by atoms with E-state index in [-0.39, 0.29) is 6.71 Å². The summed E-state index contributed by atoms with van der Waals surface area (Å²) in [6.45, 7) is 0.0738. The second kappa shape index (κ2) is 22.2. The van der Waals surface area contributed by atoms with E-state index in [1.807, 2.05) is 41.7 Å². The third-order valence-electron chi connectivity index (χ3n) is 18.9. The summed E-state index contributed by atoms with van der Waals surface area (Å²) >= 11 is 1.85. The Hall–Kier alpha value is -12.4. The van der Waals surface area contributed by atoms with Gasteiger partial charge < -0.3 is 14.4 Å². The summed E-state index contributed by atoms with van der Waals surface area (Å²) in [6.07, 6.45) is 0. The largest absolute Gasteiger partial charge is 0.311 e. The maximum absolute atomic E-state index is 5.55. The fraction of sp³-hybridized carbons (Fsp3) is 0. The van der Waals surface area contributed by atoms with Gasteiger partial charge >= 0.3 is 0 Å². The lowest BCUT2D eigenvalue weighted by molar-refractivity contribution is 1.06. The minimum atomic E-state index is 0.0738. The van der Waals surface area contributed by atoms with Crippen molar-refractivity contribution in [2.24, 2.45) is 0 Å². The predicted molar refractivity (Wildman–Crippen MR) is 395 cm³/mol. The maximum Gasteiger partial charge on any atom is 0.252 e. The first-order chi connectivity index (χ1) is 47.1. The Kier molecular flexibility index (Phi) is 12.7. The standard InChI is InChI=1S/C85H53BN8S/c1-5-22-56(23-6-1)69-53-70(57-24-7-2-8-25-57)88-84(87-69)60-46-50-72(94-71-34-17-13-31-65(71)79-75(94)51-49-64-63-30-14-20-39-78(63)95-81(64)79)66(52-60)85-90-82(58-26-9-3-10-27-58)89-83(91-85)59-42-40-54(41-43-59)55-44-47-62(48-45-55)93-74-36-19-16-33-68(74)86-67-32-15-18-35-73(67)92(61-28-11-4-12-29-61)76-37-21-38-77(93)80(76)86/h1-53H. The molecule has 0 aliphatic carbocycles. The zero-order valence-corrected chi connectivity index (χ0v) is 52.0. The molecule has 17 aromatic rings. The molecule has 0 bridgehead atoms. The highest BCUT2D eigenvalue weighted by atomic mass is 32.1. The number of rotatable bonds is 10. The molecule has 6 heterocycles. The molecule has 10 heteroatoms. The number of nitrogens with zero attached hydrogens (tertiary/aromatic N) is 8. The smallest absolute Gasteiger partial charge is 0.252 e. The molecule has 2 aliphatic heterocycles. The molecule has 0 amide bonds. The summed E-state index contributed by atoms with van der Waals surface area (Å²) in [4.78, 5) is 31.9. The highest BCUT2D eigenvalue weighted by Gasteiger charge is 2.43. The van der Waals surface area contributed by atoms with Crippen LogP contribution in [0, 0.1) is 0 Å². The first kappa shape index (κ1) is 54.4. The van der Waals surface area contributed by atoms with Crippen molar-refractivity contribution in [3.63, 3.8) is 0 Å². The van der Waals surface area contributed by atoms with E-state index in [0.717, 1.165) is 84.0 Å². The molecule has 0 unspecified atom stereocenters. The molecule has 0 fully saturated rings. The van der Waals surface area contributed by atoms with E-state index >= 15 is 0 Å². The molecule has 0 atom stereocenters. The quantitative estimate of drug-likeness (QED) is 0.126. The molecule has 0 saturated carbocycles. The molecule has 2 aliphatic rings. The fourth-order valence-electron chi connectivity index (χ4n) is 14.6. The lowest BCUT2D eigenvalue weighted by Crippen LogP contribution is -2.61. The van der Waals surface area contributed by atoms with E-state index in [2.05, 4.69) is 306 Å². The van der Waals surface area contributed by atoms with Crippen molar-refractivity contribution in [2.75, 3.05) is 9.80 Å². The summed E-state index contributed by atoms with van der Waals surface area (Å²) in [5.74, 6) is 2.22. The van der Waals surface area contributed by atoms with Gasteiger partial charge in [-0.05, 0) is 119 Å². The molecule has 0 saturated heterocycles. The Morgan fingerprint density at radius 3 is 1.40 bits per heavy atom. The predicted octanol–water partition coefficient (Wildman–Crippen LogP) is 19.9. The van der Waals surface area contributed by atoms with E-state index in [0.29, 0.717) is 23.3 Å². The summed E-state index contributed by atoms with van der Waals surface area (Å²) in [5.41, 5.74) is 23.1. The van der Waals surface area contributed by atoms with E-state index < -0.39 is 0 Å². The van der Waals surface area contributed by atoms with Gasteiger partial charge in [0.1, 0.15) is 0 Å². The Balaban J connectivity index is 0.748. The van der Waals surface area contributed by atoms with E-state index in [9.17, 15) is 0 Å². The normalized spacial score (nSPS) is 12.4. The zero-order valence-electron chi connectivity index (χ0n) is 51.2. The van der Waals surface area contributed by atoms with E-state index in [4.69, 9.17) is 24.9 Å². The molecule has 95 heavy (non-hydrogen) atoms. The van der Waals surface area contributed by atoms with Gasteiger partial charge in [-0.2, -0.15) is 0 Å². The van der Waals surface area contributed by atoms with Gasteiger partial charge in [0.25, 0.3) is 6.71 Å². The van der Waals surface area contributed by atoms with Crippen LogP contribution in [0.3, 0.4) is 0 Å². The molecular formula is C85H53BN8S. The first-order valence-corrected chi connectivity index (χ1v) is 32.9. The van der Waals surface area contributed by atoms with Crippen LogP contribution in [0.1, 0.15) is 0 Å². The lowest BCUT2D eigenvalue weighted by Gasteiger charge is -2.44. The molecule has 442 valence electrons. The summed E-state index contributed by atoms with van der Waals surface area (Å²) < 4.78 is 4.91. The molecule has 0 spiro atoms. The van der Waals surface area contributed by atoms with Gasteiger partial charge in [0.05, 0.1) is 28.1 Å². The second-order valence-electron chi connectivity index (χ2n) is 24.3. The molecule has 0 N–H and O–H groups in total. The van der Waals surface area contributed by atoms with Gasteiger partial charge in [-0.15, -0.1) is 11.3 Å². The van der Waals surface area contributed by atoms with Gasteiger partial charge in [0.2, 0.25) is 0 Å². The van der Waals surface area contributed by atoms with Crippen molar-refractivity contribution >= 4 is 111 Å². The van der Waals surface area contributed by atoms with Crippen LogP contribution in [-0.2, 0) is 0 Å². The van der Waals surface area contributed by atoms with Crippen LogP contribution in [0.15, 0.2) is 322 Å². The average molecular weight is 1230 g/mol. The Morgan fingerprint density at radius 2 is 0.758 bits per heavy atom. The van der Waals surface area contributed by atoms with Crippen molar-refractivity contribution in [3.05, 3.63) is 322 Å². The number of thiophene rings is 1. The zero-order chi connectivity index (χ0) is 62.5. The van der Waals surface area contributed by atoms with Crippen molar-refractivity contribution in [1.82, 2.24) is 29.5 Å². The number of aromatic nitrogens is 6. The number of benzene rings is 13. The summed E-state index contributed by atoms with van der Waals surface area (Å²) in [7, 11) is 0. The van der Waals surface area contributed by atoms with Crippen LogP contribution < -0.4 is 26.2 Å². The highest BCUT2D eigenvalue weighted by molar-refractivity contribution is 7.26. The third-order valence-corrected chi connectivity index (χ3v) is 20.1. The summed E-state index contributed by atoms with van der Waals surface area (Å²) in [6, 6.07) is 115. The molecule has 19 rings (SSSR count). The molecule has 8 nitrogen and oxygen atoms in total. The minimum absolute atomic E-state index is 0.0738. The number of fused-ring (bicyclic) bond motifs is 11. The topological polar surface area (TPSA) is 75.9 Å². The van der Waals surface area contributed by atoms with Gasteiger partial charge in [-0.3, -0.25) is 0 Å². The second-order valence-corrected chi connectivity index (χ2v) is 25.3. The number of hydrogen-bond acceptors (Lipinski definition) is 8. The van der Waals surface area contributed by atoms with E-state index in [1.165, 1.54) is 70.1 Å². The van der Waals surface area contributed by atoms with Crippen LogP contribution in [0.25, 0.3) is 127 Å². The van der Waals surface area contributed by atoms with Crippen molar-refractivity contribution in [1.29, 1.82) is 0 Å². The molecular weight excluding hydrogens is 1180 g/mol. The third kappa shape index (κ3) is 9.02. The Labute approximate surface area is 552 Å². The fourth-order valence-corrected chi connectivity index (χ4v) is 15.8. The van der Waals surface area contributed by atoms with Gasteiger partial charge in [-0.25, -0.2) is 24.9 Å².